The number of nitrogens with zero attached hydrogens (tertiary/aromatic N) is 4. The topological polar surface area (TPSA) is 51.1 Å². The van der Waals surface area contributed by atoms with Crippen LogP contribution in [0.15, 0.2) is 43.0 Å². The lowest BCUT2D eigenvalue weighted by atomic mass is 10.1. The third-order valence-corrected chi connectivity index (χ3v) is 3.16. The molecular formula is C14H16N4O. The van der Waals surface area contributed by atoms with Crippen molar-refractivity contribution in [3.05, 3.63) is 48.5 Å². The maximum absolute atomic E-state index is 5.81. The predicted octanol–water partition coefficient (Wildman–Crippen LogP) is 1.32. The second kappa shape index (κ2) is 5.75. The van der Waals surface area contributed by atoms with Crippen molar-refractivity contribution in [3.63, 3.8) is 0 Å². The number of aromatic nitrogens is 3. The molecule has 2 aromatic heterocycles. The Morgan fingerprint density at radius 1 is 1.21 bits per heavy atom. The van der Waals surface area contributed by atoms with Crippen molar-refractivity contribution in [2.45, 2.75) is 12.5 Å². The molecule has 0 spiro atoms. The Kier molecular flexibility index (Phi) is 3.65. The van der Waals surface area contributed by atoms with E-state index in [1.807, 2.05) is 18.3 Å². The summed E-state index contributed by atoms with van der Waals surface area (Å²) in [4.78, 5) is 14.9. The summed E-state index contributed by atoms with van der Waals surface area (Å²) >= 11 is 0. The molecule has 5 nitrogen and oxygen atoms in total. The fraction of sp³-hybridized carbons (Fsp3) is 0.357. The van der Waals surface area contributed by atoms with Crippen LogP contribution in [0.5, 0.6) is 0 Å². The molecule has 1 aliphatic heterocycles. The molecule has 0 N–H and O–H groups in total. The van der Waals surface area contributed by atoms with Gasteiger partial charge in [-0.3, -0.25) is 4.98 Å². The average Bonchev–Trinajstić information content (AvgIpc) is 2.49. The van der Waals surface area contributed by atoms with E-state index in [2.05, 4.69) is 25.9 Å². The number of pyridine rings is 1. The van der Waals surface area contributed by atoms with E-state index < -0.39 is 0 Å². The highest BCUT2D eigenvalue weighted by Crippen LogP contribution is 2.14. The van der Waals surface area contributed by atoms with Gasteiger partial charge in [0.2, 0.25) is 5.95 Å². The standard InChI is InChI=1S/C14H16N4O/c1-3-12(10-15-4-1)9-13-11-18(7-8-19-13)14-16-5-2-6-17-14/h1-6,10,13H,7-9,11H2/t13-/m0/s1. The van der Waals surface area contributed by atoms with Gasteiger partial charge >= 0.3 is 0 Å². The van der Waals surface area contributed by atoms with E-state index in [-0.39, 0.29) is 6.10 Å². The SMILES string of the molecule is c1cnc(N2CCO[C@@H](Cc3cccnc3)C2)nc1. The number of anilines is 1. The van der Waals surface area contributed by atoms with Crippen LogP contribution in [0.4, 0.5) is 5.95 Å². The fourth-order valence-corrected chi connectivity index (χ4v) is 2.26. The average molecular weight is 256 g/mol. The second-order valence-corrected chi connectivity index (χ2v) is 4.55. The molecule has 2 aromatic rings. The molecule has 0 radical (unpaired) electrons. The minimum Gasteiger partial charge on any atom is -0.374 e. The zero-order chi connectivity index (χ0) is 12.9. The Hall–Kier alpha value is -2.01. The highest BCUT2D eigenvalue weighted by molar-refractivity contribution is 5.29. The number of hydrogen-bond donors (Lipinski definition) is 0. The van der Waals surface area contributed by atoms with E-state index in [1.165, 1.54) is 5.56 Å². The Morgan fingerprint density at radius 2 is 2.11 bits per heavy atom. The first kappa shape index (κ1) is 12.0. The van der Waals surface area contributed by atoms with Gasteiger partial charge in [0.25, 0.3) is 0 Å². The van der Waals surface area contributed by atoms with Crippen molar-refractivity contribution in [2.24, 2.45) is 0 Å². The van der Waals surface area contributed by atoms with Crippen LogP contribution in [0.1, 0.15) is 5.56 Å². The lowest BCUT2D eigenvalue weighted by Gasteiger charge is -2.32. The van der Waals surface area contributed by atoms with Gasteiger partial charge in [-0.15, -0.1) is 0 Å². The molecule has 98 valence electrons. The molecule has 19 heavy (non-hydrogen) atoms. The normalized spacial score (nSPS) is 19.4. The Labute approximate surface area is 112 Å². The number of ether oxygens (including phenoxy) is 1. The van der Waals surface area contributed by atoms with Gasteiger partial charge in [0, 0.05) is 44.3 Å². The monoisotopic (exact) mass is 256 g/mol. The lowest BCUT2D eigenvalue weighted by Crippen LogP contribution is -2.44. The van der Waals surface area contributed by atoms with Gasteiger partial charge in [-0.2, -0.15) is 0 Å². The Balaban J connectivity index is 1.65. The molecule has 5 heteroatoms. The van der Waals surface area contributed by atoms with E-state index in [1.54, 1.807) is 18.6 Å². The van der Waals surface area contributed by atoms with Crippen molar-refractivity contribution < 1.29 is 4.74 Å². The minimum absolute atomic E-state index is 0.168. The van der Waals surface area contributed by atoms with Crippen molar-refractivity contribution in [2.75, 3.05) is 24.6 Å². The maximum atomic E-state index is 5.81. The molecule has 0 amide bonds. The molecular weight excluding hydrogens is 240 g/mol. The molecule has 1 saturated heterocycles. The van der Waals surface area contributed by atoms with E-state index >= 15 is 0 Å². The van der Waals surface area contributed by atoms with E-state index in [9.17, 15) is 0 Å². The van der Waals surface area contributed by atoms with E-state index in [0.717, 1.165) is 25.5 Å². The quantitative estimate of drug-likeness (QED) is 0.829. The maximum Gasteiger partial charge on any atom is 0.225 e. The summed E-state index contributed by atoms with van der Waals surface area (Å²) < 4.78 is 5.81. The van der Waals surface area contributed by atoms with Gasteiger partial charge in [-0.05, 0) is 17.7 Å². The van der Waals surface area contributed by atoms with Gasteiger partial charge in [-0.25, -0.2) is 9.97 Å². The van der Waals surface area contributed by atoms with Gasteiger partial charge < -0.3 is 9.64 Å². The highest BCUT2D eigenvalue weighted by atomic mass is 16.5. The molecule has 0 saturated carbocycles. The van der Waals surface area contributed by atoms with Crippen LogP contribution in [0.3, 0.4) is 0 Å². The van der Waals surface area contributed by atoms with E-state index in [0.29, 0.717) is 6.61 Å². The first-order valence-corrected chi connectivity index (χ1v) is 6.44. The summed E-state index contributed by atoms with van der Waals surface area (Å²) in [5, 5.41) is 0. The molecule has 1 fully saturated rings. The number of morpholine rings is 1. The lowest BCUT2D eigenvalue weighted by molar-refractivity contribution is 0.0405. The first-order chi connectivity index (χ1) is 9.42. The molecule has 0 aliphatic carbocycles. The van der Waals surface area contributed by atoms with Crippen LogP contribution in [0.25, 0.3) is 0 Å². The van der Waals surface area contributed by atoms with Crippen LogP contribution in [-0.4, -0.2) is 40.8 Å². The summed E-state index contributed by atoms with van der Waals surface area (Å²) in [6, 6.07) is 5.86. The van der Waals surface area contributed by atoms with Crippen molar-refractivity contribution >= 4 is 5.95 Å². The van der Waals surface area contributed by atoms with Crippen LogP contribution < -0.4 is 4.90 Å². The molecule has 1 aliphatic rings. The zero-order valence-corrected chi connectivity index (χ0v) is 10.6. The van der Waals surface area contributed by atoms with Crippen molar-refractivity contribution in [3.8, 4) is 0 Å². The predicted molar refractivity (Wildman–Crippen MR) is 71.9 cm³/mol. The molecule has 0 unspecified atom stereocenters. The Morgan fingerprint density at radius 3 is 2.89 bits per heavy atom. The van der Waals surface area contributed by atoms with E-state index in [4.69, 9.17) is 4.74 Å². The van der Waals surface area contributed by atoms with Gasteiger partial charge in [0.05, 0.1) is 12.7 Å². The Bertz CT molecular complexity index is 505. The van der Waals surface area contributed by atoms with Crippen LogP contribution in [0.2, 0.25) is 0 Å². The molecule has 0 aromatic carbocycles. The van der Waals surface area contributed by atoms with Gasteiger partial charge in [0.15, 0.2) is 0 Å². The largest absolute Gasteiger partial charge is 0.374 e. The fourth-order valence-electron chi connectivity index (χ4n) is 2.26. The minimum atomic E-state index is 0.168. The van der Waals surface area contributed by atoms with Gasteiger partial charge in [0.1, 0.15) is 0 Å². The molecule has 3 heterocycles. The van der Waals surface area contributed by atoms with Gasteiger partial charge in [-0.1, -0.05) is 6.07 Å². The summed E-state index contributed by atoms with van der Waals surface area (Å²) in [6.07, 6.45) is 8.26. The smallest absolute Gasteiger partial charge is 0.225 e. The van der Waals surface area contributed by atoms with Crippen LogP contribution >= 0.6 is 0 Å². The highest BCUT2D eigenvalue weighted by Gasteiger charge is 2.22. The zero-order valence-electron chi connectivity index (χ0n) is 10.6. The van der Waals surface area contributed by atoms with Crippen molar-refractivity contribution in [1.82, 2.24) is 15.0 Å². The van der Waals surface area contributed by atoms with Crippen LogP contribution in [-0.2, 0) is 11.2 Å². The summed E-state index contributed by atoms with van der Waals surface area (Å²) in [5.41, 5.74) is 1.20. The van der Waals surface area contributed by atoms with Crippen LogP contribution in [0, 0.1) is 0 Å². The molecule has 1 atom stereocenters. The molecule has 0 bridgehead atoms. The first-order valence-electron chi connectivity index (χ1n) is 6.44. The number of rotatable bonds is 3. The molecule has 3 rings (SSSR count). The third kappa shape index (κ3) is 3.06. The van der Waals surface area contributed by atoms with Crippen molar-refractivity contribution in [1.29, 1.82) is 0 Å². The summed E-state index contributed by atoms with van der Waals surface area (Å²) in [5.74, 6) is 0.780. The number of hydrogen-bond acceptors (Lipinski definition) is 5. The summed E-state index contributed by atoms with van der Waals surface area (Å²) in [7, 11) is 0. The summed E-state index contributed by atoms with van der Waals surface area (Å²) in [6.45, 7) is 2.37. The second-order valence-electron chi connectivity index (χ2n) is 4.55. The third-order valence-electron chi connectivity index (χ3n) is 3.16.